The van der Waals surface area contributed by atoms with Gasteiger partial charge in [-0.2, -0.15) is 0 Å². The Morgan fingerprint density at radius 3 is 2.70 bits per heavy atom. The quantitative estimate of drug-likeness (QED) is 0.748. The highest BCUT2D eigenvalue weighted by Gasteiger charge is 2.07. The molecule has 1 heterocycles. The van der Waals surface area contributed by atoms with Crippen molar-refractivity contribution in [3.05, 3.63) is 48.0 Å². The Hall–Kier alpha value is -1.85. The Morgan fingerprint density at radius 2 is 2.10 bits per heavy atom. The number of rotatable bonds is 7. The maximum absolute atomic E-state index is 10.1. The van der Waals surface area contributed by atoms with E-state index >= 15 is 0 Å². The van der Waals surface area contributed by atoms with E-state index < -0.39 is 6.10 Å². The van der Waals surface area contributed by atoms with Gasteiger partial charge in [-0.05, 0) is 17.7 Å². The topological polar surface area (TPSA) is 59.3 Å². The lowest BCUT2D eigenvalue weighted by Gasteiger charge is -2.12. The molecule has 5 heteroatoms. The number of methoxy groups -OCH3 is 1. The second kappa shape index (κ2) is 7.07. The van der Waals surface area contributed by atoms with Crippen molar-refractivity contribution in [2.24, 2.45) is 7.05 Å². The lowest BCUT2D eigenvalue weighted by Crippen LogP contribution is -2.24. The first-order valence-corrected chi connectivity index (χ1v) is 6.69. The first-order valence-electron chi connectivity index (χ1n) is 6.69. The van der Waals surface area contributed by atoms with E-state index in [-0.39, 0.29) is 0 Å². The molecule has 0 radical (unpaired) electrons. The van der Waals surface area contributed by atoms with Crippen LogP contribution in [0.25, 0.3) is 0 Å². The normalized spacial score (nSPS) is 12.3. The molecule has 20 heavy (non-hydrogen) atoms. The van der Waals surface area contributed by atoms with Crippen LogP contribution in [0.2, 0.25) is 0 Å². The summed E-state index contributed by atoms with van der Waals surface area (Å²) in [6.45, 7) is 1.31. The predicted molar refractivity (Wildman–Crippen MR) is 77.7 cm³/mol. The summed E-state index contributed by atoms with van der Waals surface area (Å²) in [6.07, 6.45) is 4.06. The molecule has 0 spiro atoms. The van der Waals surface area contributed by atoms with Crippen LogP contribution in [0.15, 0.2) is 36.7 Å². The summed E-state index contributed by atoms with van der Waals surface area (Å²) >= 11 is 0. The number of aromatic nitrogens is 2. The zero-order valence-corrected chi connectivity index (χ0v) is 11.9. The molecule has 1 aromatic carbocycles. The zero-order chi connectivity index (χ0) is 14.4. The van der Waals surface area contributed by atoms with Crippen LogP contribution >= 0.6 is 0 Å². The summed E-state index contributed by atoms with van der Waals surface area (Å²) in [7, 11) is 3.61. The van der Waals surface area contributed by atoms with Crippen LogP contribution in [0.4, 0.5) is 0 Å². The smallest absolute Gasteiger partial charge is 0.118 e. The highest BCUT2D eigenvalue weighted by atomic mass is 16.5. The van der Waals surface area contributed by atoms with Crippen molar-refractivity contribution in [2.45, 2.75) is 12.5 Å². The van der Waals surface area contributed by atoms with E-state index in [4.69, 9.17) is 4.74 Å². The van der Waals surface area contributed by atoms with E-state index in [0.29, 0.717) is 6.54 Å². The highest BCUT2D eigenvalue weighted by molar-refractivity contribution is 5.28. The monoisotopic (exact) mass is 275 g/mol. The van der Waals surface area contributed by atoms with E-state index in [1.54, 1.807) is 13.3 Å². The number of imidazole rings is 1. The van der Waals surface area contributed by atoms with Crippen LogP contribution in [0.1, 0.15) is 17.5 Å². The minimum Gasteiger partial charge on any atom is -0.497 e. The number of ether oxygens (including phenoxy) is 1. The van der Waals surface area contributed by atoms with Gasteiger partial charge in [-0.25, -0.2) is 4.98 Å². The molecule has 108 valence electrons. The Balaban J connectivity index is 1.74. The number of nitrogens with one attached hydrogen (secondary N) is 1. The third-order valence-corrected chi connectivity index (χ3v) is 3.28. The molecule has 0 aliphatic carbocycles. The third kappa shape index (κ3) is 3.82. The summed E-state index contributed by atoms with van der Waals surface area (Å²) < 4.78 is 7.10. The van der Waals surface area contributed by atoms with Crippen molar-refractivity contribution in [1.82, 2.24) is 14.9 Å². The van der Waals surface area contributed by atoms with Gasteiger partial charge in [0.15, 0.2) is 0 Å². The van der Waals surface area contributed by atoms with Gasteiger partial charge in [-0.15, -0.1) is 0 Å². The van der Waals surface area contributed by atoms with Crippen molar-refractivity contribution in [3.63, 3.8) is 0 Å². The molecular formula is C15H21N3O2. The van der Waals surface area contributed by atoms with Gasteiger partial charge in [0.25, 0.3) is 0 Å². The van der Waals surface area contributed by atoms with Gasteiger partial charge < -0.3 is 19.7 Å². The van der Waals surface area contributed by atoms with Crippen LogP contribution in [-0.2, 0) is 13.5 Å². The van der Waals surface area contributed by atoms with Crippen LogP contribution in [0, 0.1) is 0 Å². The number of hydrogen-bond donors (Lipinski definition) is 2. The largest absolute Gasteiger partial charge is 0.497 e. The Morgan fingerprint density at radius 1 is 1.35 bits per heavy atom. The molecule has 1 atom stereocenters. The van der Waals surface area contributed by atoms with E-state index in [9.17, 15) is 5.11 Å². The van der Waals surface area contributed by atoms with Crippen LogP contribution in [0.3, 0.4) is 0 Å². The molecule has 0 bridgehead atoms. The molecule has 0 aliphatic heterocycles. The molecule has 0 aliphatic rings. The highest BCUT2D eigenvalue weighted by Crippen LogP contribution is 2.16. The standard InChI is InChI=1S/C15H21N3O2/c1-18-10-9-17-15(18)7-8-16-11-14(19)12-3-5-13(20-2)6-4-12/h3-6,9-10,14,16,19H,7-8,11H2,1-2H3. The summed E-state index contributed by atoms with van der Waals surface area (Å²) in [5.41, 5.74) is 0.885. The molecular weight excluding hydrogens is 254 g/mol. The molecule has 0 amide bonds. The van der Waals surface area contributed by atoms with Crippen LogP contribution in [0.5, 0.6) is 5.75 Å². The number of aliphatic hydroxyl groups is 1. The summed E-state index contributed by atoms with van der Waals surface area (Å²) in [5.74, 6) is 1.83. The molecule has 1 aromatic heterocycles. The third-order valence-electron chi connectivity index (χ3n) is 3.28. The number of benzene rings is 1. The van der Waals surface area contributed by atoms with E-state index in [0.717, 1.165) is 30.1 Å². The van der Waals surface area contributed by atoms with E-state index in [2.05, 4.69) is 10.3 Å². The van der Waals surface area contributed by atoms with E-state index in [1.165, 1.54) is 0 Å². The van der Waals surface area contributed by atoms with E-state index in [1.807, 2.05) is 42.1 Å². The fraction of sp³-hybridized carbons (Fsp3) is 0.400. The van der Waals surface area contributed by atoms with Gasteiger partial charge in [0.2, 0.25) is 0 Å². The minimum absolute atomic E-state index is 0.512. The second-order valence-electron chi connectivity index (χ2n) is 4.70. The summed E-state index contributed by atoms with van der Waals surface area (Å²) in [4.78, 5) is 4.26. The molecule has 5 nitrogen and oxygen atoms in total. The molecule has 0 saturated heterocycles. The SMILES string of the molecule is COc1ccc(C(O)CNCCc2nccn2C)cc1. The zero-order valence-electron chi connectivity index (χ0n) is 11.9. The fourth-order valence-electron chi connectivity index (χ4n) is 2.02. The van der Waals surface area contributed by atoms with Crippen molar-refractivity contribution in [2.75, 3.05) is 20.2 Å². The first kappa shape index (κ1) is 14.6. The fourth-order valence-corrected chi connectivity index (χ4v) is 2.02. The number of hydrogen-bond acceptors (Lipinski definition) is 4. The summed E-state index contributed by atoms with van der Waals surface area (Å²) in [6, 6.07) is 7.47. The van der Waals surface area contributed by atoms with Crippen molar-refractivity contribution < 1.29 is 9.84 Å². The molecule has 2 N–H and O–H groups in total. The van der Waals surface area contributed by atoms with Crippen LogP contribution in [-0.4, -0.2) is 34.9 Å². The molecule has 2 rings (SSSR count). The molecule has 0 saturated carbocycles. The number of aliphatic hydroxyl groups excluding tert-OH is 1. The van der Waals surface area contributed by atoms with Gasteiger partial charge >= 0.3 is 0 Å². The van der Waals surface area contributed by atoms with Gasteiger partial charge in [-0.3, -0.25) is 0 Å². The van der Waals surface area contributed by atoms with Gasteiger partial charge in [-0.1, -0.05) is 12.1 Å². The number of nitrogens with zero attached hydrogens (tertiary/aromatic N) is 2. The maximum Gasteiger partial charge on any atom is 0.118 e. The first-order chi connectivity index (χ1) is 9.70. The average molecular weight is 275 g/mol. The maximum atomic E-state index is 10.1. The van der Waals surface area contributed by atoms with Crippen molar-refractivity contribution in [1.29, 1.82) is 0 Å². The van der Waals surface area contributed by atoms with Crippen molar-refractivity contribution >= 4 is 0 Å². The van der Waals surface area contributed by atoms with Crippen LogP contribution < -0.4 is 10.1 Å². The lowest BCUT2D eigenvalue weighted by atomic mass is 10.1. The van der Waals surface area contributed by atoms with Gasteiger partial charge in [0.05, 0.1) is 13.2 Å². The predicted octanol–water partition coefficient (Wildman–Crippen LogP) is 1.29. The Bertz CT molecular complexity index is 522. The molecule has 0 fully saturated rings. The van der Waals surface area contributed by atoms with Gasteiger partial charge in [0, 0.05) is 39.0 Å². The van der Waals surface area contributed by atoms with Crippen molar-refractivity contribution in [3.8, 4) is 5.75 Å². The Labute approximate surface area is 119 Å². The number of aryl methyl sites for hydroxylation is 1. The second-order valence-corrected chi connectivity index (χ2v) is 4.70. The lowest BCUT2D eigenvalue weighted by molar-refractivity contribution is 0.175. The minimum atomic E-state index is -0.512. The van der Waals surface area contributed by atoms with Gasteiger partial charge in [0.1, 0.15) is 11.6 Å². The average Bonchev–Trinajstić information content (AvgIpc) is 2.89. The molecule has 1 unspecified atom stereocenters. The summed E-state index contributed by atoms with van der Waals surface area (Å²) in [5, 5.41) is 13.3. The molecule has 2 aromatic rings. The Kier molecular flexibility index (Phi) is 5.15.